The van der Waals surface area contributed by atoms with Crippen LogP contribution in [-0.2, 0) is 14.3 Å². The Labute approximate surface area is 131 Å². The lowest BCUT2D eigenvalue weighted by atomic mass is 9.83. The molecule has 0 radical (unpaired) electrons. The van der Waals surface area contributed by atoms with Gasteiger partial charge >= 0.3 is 12.1 Å². The van der Waals surface area contributed by atoms with Gasteiger partial charge < -0.3 is 19.9 Å². The lowest BCUT2D eigenvalue weighted by molar-refractivity contribution is -0.139. The van der Waals surface area contributed by atoms with Crippen molar-refractivity contribution in [2.45, 2.75) is 58.2 Å². The van der Waals surface area contributed by atoms with Gasteiger partial charge in [0.1, 0.15) is 5.60 Å². The molecule has 0 unspecified atom stereocenters. The molecule has 0 saturated carbocycles. The molecule has 7 nitrogen and oxygen atoms in total. The zero-order valence-electron chi connectivity index (χ0n) is 14.1. The van der Waals surface area contributed by atoms with E-state index in [1.165, 1.54) is 0 Å². The summed E-state index contributed by atoms with van der Waals surface area (Å²) < 4.78 is 10.6. The third kappa shape index (κ3) is 5.81. The Morgan fingerprint density at radius 2 is 1.91 bits per heavy atom. The Morgan fingerprint density at radius 1 is 1.32 bits per heavy atom. The molecule has 0 spiro atoms. The number of carbonyl (C=O) groups is 2. The molecule has 7 heteroatoms. The van der Waals surface area contributed by atoms with E-state index in [9.17, 15) is 9.59 Å². The second-order valence-corrected chi connectivity index (χ2v) is 7.22. The monoisotopic (exact) mass is 316 g/mol. The van der Waals surface area contributed by atoms with Crippen LogP contribution in [0.15, 0.2) is 0 Å². The molecule has 3 N–H and O–H groups in total. The van der Waals surface area contributed by atoms with E-state index in [0.717, 1.165) is 0 Å². The van der Waals surface area contributed by atoms with E-state index in [4.69, 9.17) is 14.6 Å². The van der Waals surface area contributed by atoms with Crippen molar-refractivity contribution in [2.75, 3.05) is 19.8 Å². The number of ether oxygens (including phenoxy) is 2. The molecular formula is C15H28N2O5. The Morgan fingerprint density at radius 3 is 2.27 bits per heavy atom. The zero-order chi connectivity index (χ0) is 17.0. The number of nitrogens with one attached hydrogen (secondary N) is 2. The van der Waals surface area contributed by atoms with Crippen LogP contribution in [0.3, 0.4) is 0 Å². The van der Waals surface area contributed by atoms with E-state index >= 15 is 0 Å². The van der Waals surface area contributed by atoms with Gasteiger partial charge in [-0.15, -0.1) is 0 Å². The fourth-order valence-corrected chi connectivity index (χ4v) is 2.34. The molecule has 1 aliphatic heterocycles. The summed E-state index contributed by atoms with van der Waals surface area (Å²) in [5, 5.41) is 14.8. The summed E-state index contributed by atoms with van der Waals surface area (Å²) in [4.78, 5) is 22.9. The van der Waals surface area contributed by atoms with Crippen LogP contribution in [0.5, 0.6) is 0 Å². The fourth-order valence-electron chi connectivity index (χ4n) is 2.34. The maximum atomic E-state index is 12.1. The molecule has 22 heavy (non-hydrogen) atoms. The molecule has 128 valence electrons. The van der Waals surface area contributed by atoms with Crippen LogP contribution in [0.4, 0.5) is 4.79 Å². The van der Waals surface area contributed by atoms with Crippen molar-refractivity contribution < 1.29 is 24.2 Å². The normalized spacial score (nSPS) is 18.5. The van der Waals surface area contributed by atoms with E-state index in [1.807, 2.05) is 13.8 Å². The van der Waals surface area contributed by atoms with Crippen molar-refractivity contribution in [1.29, 1.82) is 0 Å². The highest BCUT2D eigenvalue weighted by atomic mass is 16.6. The standard InChI is InChI=1S/C15H28N2O5/c1-10(2)6-11(17-13(20)22-14(3,4)5)15(8-21-9-15)16-7-12(18)19/h10-11,16H,6-9H2,1-5H3,(H,17,20)(H,18,19)/t11-/m1/s1. The SMILES string of the molecule is CC(C)C[C@@H](NC(=O)OC(C)(C)C)C1(NCC(=O)O)COC1. The molecule has 1 saturated heterocycles. The van der Waals surface area contributed by atoms with Gasteiger partial charge in [0.2, 0.25) is 0 Å². The van der Waals surface area contributed by atoms with E-state index in [1.54, 1.807) is 20.8 Å². The number of hydrogen-bond acceptors (Lipinski definition) is 5. The lowest BCUT2D eigenvalue weighted by Gasteiger charge is -2.48. The minimum Gasteiger partial charge on any atom is -0.480 e. The van der Waals surface area contributed by atoms with Crippen LogP contribution < -0.4 is 10.6 Å². The van der Waals surface area contributed by atoms with Crippen molar-refractivity contribution in [3.05, 3.63) is 0 Å². The number of carboxylic acid groups (broad SMARTS) is 1. The number of carboxylic acids is 1. The lowest BCUT2D eigenvalue weighted by Crippen LogP contribution is -2.72. The van der Waals surface area contributed by atoms with Gasteiger partial charge in [0, 0.05) is 0 Å². The molecule has 1 rings (SSSR count). The van der Waals surface area contributed by atoms with E-state index in [0.29, 0.717) is 25.6 Å². The topological polar surface area (TPSA) is 96.9 Å². The third-order valence-electron chi connectivity index (χ3n) is 3.38. The second kappa shape index (κ2) is 7.28. The largest absolute Gasteiger partial charge is 0.480 e. The number of alkyl carbamates (subject to hydrolysis) is 1. The van der Waals surface area contributed by atoms with Crippen molar-refractivity contribution >= 4 is 12.1 Å². The average molecular weight is 316 g/mol. The van der Waals surface area contributed by atoms with Gasteiger partial charge in [0.25, 0.3) is 0 Å². The maximum absolute atomic E-state index is 12.1. The van der Waals surface area contributed by atoms with Crippen molar-refractivity contribution in [2.24, 2.45) is 5.92 Å². The quantitative estimate of drug-likeness (QED) is 0.656. The van der Waals surface area contributed by atoms with Gasteiger partial charge in [-0.3, -0.25) is 10.1 Å². The summed E-state index contributed by atoms with van der Waals surface area (Å²) in [7, 11) is 0. The predicted octanol–water partition coefficient (Wildman–Crippen LogP) is 1.37. The van der Waals surface area contributed by atoms with Gasteiger partial charge in [-0.1, -0.05) is 13.8 Å². The van der Waals surface area contributed by atoms with Gasteiger partial charge in [-0.2, -0.15) is 0 Å². The molecule has 0 aromatic carbocycles. The van der Waals surface area contributed by atoms with E-state index < -0.39 is 23.2 Å². The molecule has 1 atom stereocenters. The third-order valence-corrected chi connectivity index (χ3v) is 3.38. The van der Waals surface area contributed by atoms with Gasteiger partial charge in [-0.25, -0.2) is 4.79 Å². The summed E-state index contributed by atoms with van der Waals surface area (Å²) in [6, 6.07) is -0.254. The first-order chi connectivity index (χ1) is 10.0. The number of aliphatic carboxylic acids is 1. The average Bonchev–Trinajstić information content (AvgIpc) is 2.22. The molecule has 0 aliphatic carbocycles. The van der Waals surface area contributed by atoms with Crippen LogP contribution in [0, 0.1) is 5.92 Å². The van der Waals surface area contributed by atoms with Gasteiger partial charge in [0.15, 0.2) is 0 Å². The van der Waals surface area contributed by atoms with Crippen LogP contribution >= 0.6 is 0 Å². The molecule has 1 heterocycles. The summed E-state index contributed by atoms with van der Waals surface area (Å²) in [6.45, 7) is 10.1. The first kappa shape index (κ1) is 18.7. The van der Waals surface area contributed by atoms with Crippen molar-refractivity contribution in [3.63, 3.8) is 0 Å². The Hall–Kier alpha value is -1.34. The number of hydrogen-bond donors (Lipinski definition) is 3. The van der Waals surface area contributed by atoms with Crippen LogP contribution in [0.25, 0.3) is 0 Å². The van der Waals surface area contributed by atoms with Crippen molar-refractivity contribution in [1.82, 2.24) is 10.6 Å². The first-order valence-corrected chi connectivity index (χ1v) is 7.58. The number of carbonyl (C=O) groups excluding carboxylic acids is 1. The summed E-state index contributed by atoms with van der Waals surface area (Å²) in [6.07, 6.45) is 0.205. The first-order valence-electron chi connectivity index (χ1n) is 7.58. The summed E-state index contributed by atoms with van der Waals surface area (Å²) in [5.41, 5.74) is -1.14. The highest BCUT2D eigenvalue weighted by Gasteiger charge is 2.47. The smallest absolute Gasteiger partial charge is 0.407 e. The Bertz CT molecular complexity index is 399. The minimum absolute atomic E-state index is 0.173. The number of rotatable bonds is 7. The molecule has 0 bridgehead atoms. The molecule has 0 aromatic heterocycles. The Kier molecular flexibility index (Phi) is 6.19. The highest BCUT2D eigenvalue weighted by molar-refractivity contribution is 5.70. The number of amides is 1. The molecule has 1 amide bonds. The second-order valence-electron chi connectivity index (χ2n) is 7.22. The molecular weight excluding hydrogens is 288 g/mol. The van der Waals surface area contributed by atoms with E-state index in [-0.39, 0.29) is 12.6 Å². The van der Waals surface area contributed by atoms with Crippen molar-refractivity contribution in [3.8, 4) is 0 Å². The minimum atomic E-state index is -0.938. The molecule has 0 aromatic rings. The summed E-state index contributed by atoms with van der Waals surface area (Å²) >= 11 is 0. The van der Waals surface area contributed by atoms with Crippen LogP contribution in [-0.4, -0.2) is 54.1 Å². The van der Waals surface area contributed by atoms with Gasteiger partial charge in [0.05, 0.1) is 31.3 Å². The molecule has 1 aliphatic rings. The predicted molar refractivity (Wildman–Crippen MR) is 81.8 cm³/mol. The highest BCUT2D eigenvalue weighted by Crippen LogP contribution is 2.26. The Balaban J connectivity index is 2.77. The van der Waals surface area contributed by atoms with E-state index in [2.05, 4.69) is 10.6 Å². The fraction of sp³-hybridized carbons (Fsp3) is 0.867. The van der Waals surface area contributed by atoms with Crippen LogP contribution in [0.2, 0.25) is 0 Å². The van der Waals surface area contributed by atoms with Crippen LogP contribution in [0.1, 0.15) is 41.0 Å². The van der Waals surface area contributed by atoms with Gasteiger partial charge in [-0.05, 0) is 33.1 Å². The summed E-state index contributed by atoms with van der Waals surface area (Å²) in [5.74, 6) is -0.601. The molecule has 1 fully saturated rings. The maximum Gasteiger partial charge on any atom is 0.407 e. The zero-order valence-corrected chi connectivity index (χ0v) is 14.1.